The number of aryl methyl sites for hydroxylation is 1. The summed E-state index contributed by atoms with van der Waals surface area (Å²) in [5, 5.41) is 7.01. The van der Waals surface area contributed by atoms with Crippen LogP contribution in [0.1, 0.15) is 30.7 Å². The van der Waals surface area contributed by atoms with Crippen LogP contribution in [0.3, 0.4) is 0 Å². The van der Waals surface area contributed by atoms with Crippen molar-refractivity contribution in [3.63, 3.8) is 0 Å². The second-order valence-corrected chi connectivity index (χ2v) is 8.74. The number of nitrogens with one attached hydrogen (secondary N) is 2. The highest BCUT2D eigenvalue weighted by atomic mass is 16.3. The largest absolute Gasteiger partial charge is 0.459 e. The van der Waals surface area contributed by atoms with E-state index in [2.05, 4.69) is 15.6 Å². The lowest BCUT2D eigenvalue weighted by atomic mass is 9.93. The summed E-state index contributed by atoms with van der Waals surface area (Å²) in [5.74, 6) is 0.996. The Hall–Kier alpha value is -3.81. The van der Waals surface area contributed by atoms with Gasteiger partial charge in [0.05, 0.1) is 16.8 Å². The van der Waals surface area contributed by atoms with Crippen molar-refractivity contribution in [1.29, 1.82) is 0 Å². The van der Waals surface area contributed by atoms with E-state index in [-0.39, 0.29) is 11.8 Å². The molecule has 3 aromatic rings. The molecule has 4 N–H and O–H groups in total. The van der Waals surface area contributed by atoms with Crippen LogP contribution in [0.2, 0.25) is 0 Å². The second-order valence-electron chi connectivity index (χ2n) is 8.74. The topological polar surface area (TPSA) is 113 Å². The van der Waals surface area contributed by atoms with Gasteiger partial charge in [-0.3, -0.25) is 9.59 Å². The molecule has 8 nitrogen and oxygen atoms in total. The number of benzene rings is 1. The number of carbonyl (C=O) groups excluding carboxylic acids is 2. The van der Waals surface area contributed by atoms with Crippen molar-refractivity contribution in [2.24, 2.45) is 5.41 Å². The van der Waals surface area contributed by atoms with Crippen LogP contribution in [-0.4, -0.2) is 35.3 Å². The number of carbonyl (C=O) groups is 2. The number of hydrogen-bond donors (Lipinski definition) is 3. The zero-order valence-corrected chi connectivity index (χ0v) is 18.7. The smallest absolute Gasteiger partial charge is 0.246 e. The molecule has 2 aromatic heterocycles. The summed E-state index contributed by atoms with van der Waals surface area (Å²) in [7, 11) is 1.74. The third kappa shape index (κ3) is 4.03. The molecular weight excluding hydrogens is 406 g/mol. The van der Waals surface area contributed by atoms with Crippen molar-refractivity contribution in [1.82, 2.24) is 9.88 Å². The number of amides is 2. The summed E-state index contributed by atoms with van der Waals surface area (Å²) >= 11 is 0. The van der Waals surface area contributed by atoms with Crippen molar-refractivity contribution in [2.75, 3.05) is 30.0 Å². The monoisotopic (exact) mass is 433 g/mol. The van der Waals surface area contributed by atoms with E-state index in [0.29, 0.717) is 30.2 Å². The first-order valence-electron chi connectivity index (χ1n) is 10.4. The van der Waals surface area contributed by atoms with Gasteiger partial charge >= 0.3 is 0 Å². The molecule has 1 aliphatic heterocycles. The number of pyridine rings is 1. The summed E-state index contributed by atoms with van der Waals surface area (Å²) in [6.45, 7) is 6.50. The number of nitrogen functional groups attached to an aromatic ring is 1. The van der Waals surface area contributed by atoms with Gasteiger partial charge in [0, 0.05) is 43.4 Å². The molecule has 2 amide bonds. The molecule has 166 valence electrons. The first-order chi connectivity index (χ1) is 15.2. The molecule has 0 unspecified atom stereocenters. The Morgan fingerprint density at radius 3 is 2.94 bits per heavy atom. The quantitative estimate of drug-likeness (QED) is 0.426. The van der Waals surface area contributed by atoms with Gasteiger partial charge in [0.25, 0.3) is 0 Å². The predicted octanol–water partition coefficient (Wildman–Crippen LogP) is 3.78. The van der Waals surface area contributed by atoms with Crippen LogP contribution in [0.5, 0.6) is 0 Å². The molecule has 0 radical (unpaired) electrons. The number of aromatic nitrogens is 1. The number of anilines is 3. The Morgan fingerprint density at radius 2 is 2.16 bits per heavy atom. The fraction of sp³-hybridized carbons (Fsp3) is 0.292. The first-order valence-corrected chi connectivity index (χ1v) is 10.4. The number of likely N-dealkylation sites (N-methyl/N-ethyl adjacent to an activating group) is 1. The van der Waals surface area contributed by atoms with E-state index < -0.39 is 5.41 Å². The van der Waals surface area contributed by atoms with E-state index in [9.17, 15) is 9.59 Å². The number of rotatable bonds is 4. The zero-order valence-electron chi connectivity index (χ0n) is 18.7. The van der Waals surface area contributed by atoms with Crippen LogP contribution >= 0.6 is 0 Å². The third-order valence-corrected chi connectivity index (χ3v) is 5.72. The van der Waals surface area contributed by atoms with Crippen molar-refractivity contribution in [3.8, 4) is 0 Å². The van der Waals surface area contributed by atoms with Crippen LogP contribution in [-0.2, 0) is 16.1 Å². The molecule has 0 bridgehead atoms. The normalized spacial score (nSPS) is 15.2. The van der Waals surface area contributed by atoms with Gasteiger partial charge in [-0.2, -0.15) is 0 Å². The maximum atomic E-state index is 12.7. The van der Waals surface area contributed by atoms with Gasteiger partial charge in [-0.05, 0) is 44.5 Å². The van der Waals surface area contributed by atoms with E-state index in [4.69, 9.17) is 10.2 Å². The molecular formula is C24H27N5O3. The number of hydrogen-bond acceptors (Lipinski definition) is 6. The molecule has 32 heavy (non-hydrogen) atoms. The average molecular weight is 434 g/mol. The molecule has 1 aliphatic rings. The molecule has 0 saturated heterocycles. The molecule has 0 fully saturated rings. The number of furan rings is 1. The van der Waals surface area contributed by atoms with Gasteiger partial charge in [0.15, 0.2) is 11.4 Å². The van der Waals surface area contributed by atoms with Gasteiger partial charge in [0.2, 0.25) is 11.8 Å². The fourth-order valence-corrected chi connectivity index (χ4v) is 3.60. The highest BCUT2D eigenvalue weighted by Crippen LogP contribution is 2.31. The SMILES string of the molecule is Cc1oc2c(N)cccc2c1CN(C)C(=O)/C=C/c1cnc2c(c1)NCC(C)(C)C(=O)N2. The van der Waals surface area contributed by atoms with Crippen LogP contribution in [0.4, 0.5) is 17.2 Å². The average Bonchev–Trinajstić information content (AvgIpc) is 3.02. The Bertz CT molecular complexity index is 1240. The fourth-order valence-electron chi connectivity index (χ4n) is 3.60. The van der Waals surface area contributed by atoms with Crippen LogP contribution in [0.25, 0.3) is 17.0 Å². The summed E-state index contributed by atoms with van der Waals surface area (Å²) in [6.07, 6.45) is 4.85. The lowest BCUT2D eigenvalue weighted by Gasteiger charge is -2.19. The van der Waals surface area contributed by atoms with Gasteiger partial charge in [-0.25, -0.2) is 4.98 Å². The van der Waals surface area contributed by atoms with Gasteiger partial charge in [-0.15, -0.1) is 0 Å². The highest BCUT2D eigenvalue weighted by molar-refractivity contribution is 5.99. The van der Waals surface area contributed by atoms with Crippen molar-refractivity contribution >= 4 is 46.1 Å². The minimum Gasteiger partial charge on any atom is -0.459 e. The molecule has 3 heterocycles. The lowest BCUT2D eigenvalue weighted by Crippen LogP contribution is -2.34. The minimum atomic E-state index is -0.546. The molecule has 0 aliphatic carbocycles. The van der Waals surface area contributed by atoms with E-state index in [0.717, 1.165) is 28.0 Å². The van der Waals surface area contributed by atoms with E-state index in [1.54, 1.807) is 30.3 Å². The van der Waals surface area contributed by atoms with Gasteiger partial charge < -0.3 is 25.7 Å². The second kappa shape index (κ2) is 8.03. The number of nitrogens with zero attached hydrogens (tertiary/aromatic N) is 2. The molecule has 0 saturated carbocycles. The Kier molecular flexibility index (Phi) is 5.38. The van der Waals surface area contributed by atoms with Crippen molar-refractivity contribution in [2.45, 2.75) is 27.3 Å². The first kappa shape index (κ1) is 21.4. The predicted molar refractivity (Wildman–Crippen MR) is 126 cm³/mol. The molecule has 8 heteroatoms. The van der Waals surface area contributed by atoms with E-state index >= 15 is 0 Å². The summed E-state index contributed by atoms with van der Waals surface area (Å²) in [4.78, 5) is 30.9. The third-order valence-electron chi connectivity index (χ3n) is 5.72. The number of fused-ring (bicyclic) bond motifs is 2. The van der Waals surface area contributed by atoms with Gasteiger partial charge in [-0.1, -0.05) is 12.1 Å². The van der Waals surface area contributed by atoms with Gasteiger partial charge in [0.1, 0.15) is 5.76 Å². The summed E-state index contributed by atoms with van der Waals surface area (Å²) < 4.78 is 5.80. The Labute approximate surface area is 186 Å². The Morgan fingerprint density at radius 1 is 1.38 bits per heavy atom. The number of nitrogens with two attached hydrogens (primary N) is 1. The van der Waals surface area contributed by atoms with Crippen LogP contribution < -0.4 is 16.4 Å². The van der Waals surface area contributed by atoms with E-state index in [1.807, 2.05) is 39.0 Å². The minimum absolute atomic E-state index is 0.0832. The Balaban J connectivity index is 1.48. The number of para-hydroxylation sites is 1. The molecule has 0 spiro atoms. The van der Waals surface area contributed by atoms with Crippen LogP contribution in [0, 0.1) is 12.3 Å². The highest BCUT2D eigenvalue weighted by Gasteiger charge is 2.31. The molecule has 1 aromatic carbocycles. The van der Waals surface area contributed by atoms with Crippen molar-refractivity contribution in [3.05, 3.63) is 53.4 Å². The van der Waals surface area contributed by atoms with E-state index in [1.165, 1.54) is 6.08 Å². The summed E-state index contributed by atoms with van der Waals surface area (Å²) in [6, 6.07) is 7.48. The standard InChI is InChI=1S/C24H27N5O3/c1-14-17(16-6-5-7-18(25)21(16)32-14)12-29(4)20(30)9-8-15-10-19-22(26-11-15)28-23(31)24(2,3)13-27-19/h5-11,27H,12-13,25H2,1-4H3,(H,26,28,31)/b9-8+. The van der Waals surface area contributed by atoms with Crippen molar-refractivity contribution < 1.29 is 14.0 Å². The van der Waals surface area contributed by atoms with Crippen LogP contribution in [0.15, 0.2) is 41.0 Å². The lowest BCUT2D eigenvalue weighted by molar-refractivity contribution is -0.125. The molecule has 0 atom stereocenters. The molecule has 4 rings (SSSR count). The maximum Gasteiger partial charge on any atom is 0.246 e. The zero-order chi connectivity index (χ0) is 23.0. The summed E-state index contributed by atoms with van der Waals surface area (Å²) in [5.41, 5.74) is 9.10. The maximum absolute atomic E-state index is 12.7.